The molecule has 0 aliphatic rings. The van der Waals surface area contributed by atoms with Gasteiger partial charge in [0.15, 0.2) is 0 Å². The van der Waals surface area contributed by atoms with E-state index in [2.05, 4.69) is 18.8 Å². The lowest BCUT2D eigenvalue weighted by Gasteiger charge is -2.15. The Bertz CT molecular complexity index is 360. The van der Waals surface area contributed by atoms with E-state index in [4.69, 9.17) is 5.73 Å². The minimum Gasteiger partial charge on any atom is -0.330 e. The number of hydrogen-bond donors (Lipinski definition) is 1. The second-order valence-electron chi connectivity index (χ2n) is 5.03. The van der Waals surface area contributed by atoms with E-state index in [1.54, 1.807) is 11.3 Å². The molecule has 0 saturated carbocycles. The standard InChI is InChI=1S/C13H22N2OS/c1-9(2)4-11(7-14)5-12(16)6-13-15-10(3)8-17-13/h8-9,11H,4-7,14H2,1-3H3. The Morgan fingerprint density at radius 3 is 2.71 bits per heavy atom. The molecular formula is C13H22N2OS. The molecule has 1 atom stereocenters. The van der Waals surface area contributed by atoms with Gasteiger partial charge in [-0.15, -0.1) is 11.3 Å². The number of aromatic nitrogens is 1. The van der Waals surface area contributed by atoms with Crippen molar-refractivity contribution in [3.8, 4) is 0 Å². The Hall–Kier alpha value is -0.740. The van der Waals surface area contributed by atoms with Gasteiger partial charge >= 0.3 is 0 Å². The van der Waals surface area contributed by atoms with Crippen molar-refractivity contribution >= 4 is 17.1 Å². The summed E-state index contributed by atoms with van der Waals surface area (Å²) in [7, 11) is 0. The van der Waals surface area contributed by atoms with Gasteiger partial charge in [0.1, 0.15) is 10.8 Å². The topological polar surface area (TPSA) is 56.0 Å². The first-order valence-electron chi connectivity index (χ1n) is 6.14. The van der Waals surface area contributed by atoms with Gasteiger partial charge in [-0.25, -0.2) is 4.98 Å². The molecule has 3 nitrogen and oxygen atoms in total. The largest absolute Gasteiger partial charge is 0.330 e. The first-order chi connectivity index (χ1) is 8.01. The fraction of sp³-hybridized carbons (Fsp3) is 0.692. The number of rotatable bonds is 7. The van der Waals surface area contributed by atoms with E-state index in [9.17, 15) is 4.79 Å². The van der Waals surface area contributed by atoms with E-state index in [-0.39, 0.29) is 5.78 Å². The molecule has 4 heteroatoms. The lowest BCUT2D eigenvalue weighted by atomic mass is 9.92. The van der Waals surface area contributed by atoms with Crippen LogP contribution in [0.4, 0.5) is 0 Å². The normalized spacial score (nSPS) is 13.0. The molecule has 0 radical (unpaired) electrons. The predicted octanol–water partition coefficient (Wildman–Crippen LogP) is 2.57. The van der Waals surface area contributed by atoms with Gasteiger partial charge in [0.05, 0.1) is 6.42 Å². The van der Waals surface area contributed by atoms with E-state index in [1.807, 2.05) is 12.3 Å². The molecule has 17 heavy (non-hydrogen) atoms. The number of ketones is 1. The molecule has 1 aromatic heterocycles. The van der Waals surface area contributed by atoms with Crippen LogP contribution in [0, 0.1) is 18.8 Å². The van der Waals surface area contributed by atoms with Gasteiger partial charge in [0.25, 0.3) is 0 Å². The van der Waals surface area contributed by atoms with Crippen molar-refractivity contribution in [1.82, 2.24) is 4.98 Å². The molecule has 0 amide bonds. The van der Waals surface area contributed by atoms with Crippen molar-refractivity contribution in [2.45, 2.75) is 40.0 Å². The maximum atomic E-state index is 11.9. The lowest BCUT2D eigenvalue weighted by molar-refractivity contribution is -0.119. The second kappa shape index (κ2) is 6.87. The molecule has 1 heterocycles. The van der Waals surface area contributed by atoms with E-state index >= 15 is 0 Å². The number of Topliss-reactive ketones (excluding diaryl/α,β-unsaturated/α-hetero) is 1. The maximum Gasteiger partial charge on any atom is 0.140 e. The molecule has 96 valence electrons. The summed E-state index contributed by atoms with van der Waals surface area (Å²) < 4.78 is 0. The van der Waals surface area contributed by atoms with E-state index in [0.717, 1.165) is 17.1 Å². The highest BCUT2D eigenvalue weighted by Gasteiger charge is 2.15. The summed E-state index contributed by atoms with van der Waals surface area (Å²) in [6, 6.07) is 0. The fourth-order valence-electron chi connectivity index (χ4n) is 1.98. The summed E-state index contributed by atoms with van der Waals surface area (Å²) in [5.41, 5.74) is 6.70. The van der Waals surface area contributed by atoms with E-state index < -0.39 is 0 Å². The third-order valence-electron chi connectivity index (χ3n) is 2.67. The summed E-state index contributed by atoms with van der Waals surface area (Å²) in [6.07, 6.45) is 2.08. The summed E-state index contributed by atoms with van der Waals surface area (Å²) >= 11 is 1.56. The first-order valence-corrected chi connectivity index (χ1v) is 7.02. The van der Waals surface area contributed by atoms with Crippen LogP contribution in [-0.2, 0) is 11.2 Å². The molecule has 0 spiro atoms. The van der Waals surface area contributed by atoms with Gasteiger partial charge in [-0.3, -0.25) is 4.79 Å². The number of nitrogens with two attached hydrogens (primary N) is 1. The van der Waals surface area contributed by atoms with Gasteiger partial charge in [0.2, 0.25) is 0 Å². The van der Waals surface area contributed by atoms with Crippen LogP contribution in [0.2, 0.25) is 0 Å². The highest BCUT2D eigenvalue weighted by atomic mass is 32.1. The molecule has 0 bridgehead atoms. The van der Waals surface area contributed by atoms with Crippen molar-refractivity contribution in [1.29, 1.82) is 0 Å². The highest BCUT2D eigenvalue weighted by Crippen LogP contribution is 2.17. The molecule has 0 saturated heterocycles. The van der Waals surface area contributed by atoms with Gasteiger partial charge in [-0.2, -0.15) is 0 Å². The van der Waals surface area contributed by atoms with Gasteiger partial charge in [-0.05, 0) is 31.7 Å². The van der Waals surface area contributed by atoms with Crippen LogP contribution < -0.4 is 5.73 Å². The molecule has 0 aliphatic carbocycles. The zero-order valence-electron chi connectivity index (χ0n) is 10.9. The Balaban J connectivity index is 2.42. The summed E-state index contributed by atoms with van der Waals surface area (Å²) in [5.74, 6) is 1.18. The molecule has 1 unspecified atom stereocenters. The van der Waals surface area contributed by atoms with Gasteiger partial charge < -0.3 is 5.73 Å². The number of carbonyl (C=O) groups excluding carboxylic acids is 1. The average molecular weight is 254 g/mol. The van der Waals surface area contributed by atoms with E-state index in [1.165, 1.54) is 0 Å². The van der Waals surface area contributed by atoms with Crippen molar-refractivity contribution in [2.24, 2.45) is 17.6 Å². The van der Waals surface area contributed by atoms with Crippen LogP contribution in [0.15, 0.2) is 5.38 Å². The summed E-state index contributed by atoms with van der Waals surface area (Å²) in [5, 5.41) is 2.91. The van der Waals surface area contributed by atoms with Crippen LogP contribution in [-0.4, -0.2) is 17.3 Å². The minimum absolute atomic E-state index is 0.260. The molecule has 0 aromatic carbocycles. The smallest absolute Gasteiger partial charge is 0.140 e. The van der Waals surface area contributed by atoms with Crippen LogP contribution in [0.5, 0.6) is 0 Å². The molecule has 2 N–H and O–H groups in total. The quantitative estimate of drug-likeness (QED) is 0.813. The zero-order chi connectivity index (χ0) is 12.8. The minimum atomic E-state index is 0.260. The lowest BCUT2D eigenvalue weighted by Crippen LogP contribution is -2.20. The number of hydrogen-bond acceptors (Lipinski definition) is 4. The highest BCUT2D eigenvalue weighted by molar-refractivity contribution is 7.09. The SMILES string of the molecule is Cc1csc(CC(=O)CC(CN)CC(C)C)n1. The Labute approximate surface area is 107 Å². The molecule has 1 rings (SSSR count). The Kier molecular flexibility index (Phi) is 5.78. The fourth-order valence-corrected chi connectivity index (χ4v) is 2.78. The van der Waals surface area contributed by atoms with Crippen molar-refractivity contribution < 1.29 is 4.79 Å². The zero-order valence-corrected chi connectivity index (χ0v) is 11.7. The van der Waals surface area contributed by atoms with Gasteiger partial charge in [-0.1, -0.05) is 13.8 Å². The van der Waals surface area contributed by atoms with Crippen LogP contribution in [0.25, 0.3) is 0 Å². The third-order valence-corrected chi connectivity index (χ3v) is 3.64. The molecule has 0 aliphatic heterocycles. The summed E-state index contributed by atoms with van der Waals surface area (Å²) in [4.78, 5) is 16.2. The molecule has 1 aromatic rings. The third kappa shape index (κ3) is 5.41. The van der Waals surface area contributed by atoms with Gasteiger partial charge in [0, 0.05) is 17.5 Å². The predicted molar refractivity (Wildman–Crippen MR) is 72.2 cm³/mol. The van der Waals surface area contributed by atoms with E-state index in [0.29, 0.717) is 31.2 Å². The molecule has 0 fully saturated rings. The first kappa shape index (κ1) is 14.3. The van der Waals surface area contributed by atoms with Crippen molar-refractivity contribution in [3.63, 3.8) is 0 Å². The van der Waals surface area contributed by atoms with Crippen molar-refractivity contribution in [3.05, 3.63) is 16.1 Å². The monoisotopic (exact) mass is 254 g/mol. The Morgan fingerprint density at radius 1 is 1.53 bits per heavy atom. The number of thiazole rings is 1. The maximum absolute atomic E-state index is 11.9. The Morgan fingerprint density at radius 2 is 2.24 bits per heavy atom. The molecular weight excluding hydrogens is 232 g/mol. The average Bonchev–Trinajstić information content (AvgIpc) is 2.62. The van der Waals surface area contributed by atoms with Crippen LogP contribution in [0.1, 0.15) is 37.4 Å². The summed E-state index contributed by atoms with van der Waals surface area (Å²) in [6.45, 7) is 6.88. The number of carbonyl (C=O) groups is 1. The second-order valence-corrected chi connectivity index (χ2v) is 5.98. The number of aryl methyl sites for hydroxylation is 1. The van der Waals surface area contributed by atoms with Crippen molar-refractivity contribution in [2.75, 3.05) is 6.54 Å². The van der Waals surface area contributed by atoms with Crippen LogP contribution >= 0.6 is 11.3 Å². The number of nitrogens with zero attached hydrogens (tertiary/aromatic N) is 1. The van der Waals surface area contributed by atoms with Crippen LogP contribution in [0.3, 0.4) is 0 Å².